The molecule has 1 heterocycles. The molecular formula is C19H23N3O2S. The number of benzene rings is 1. The fourth-order valence-corrected chi connectivity index (χ4v) is 3.17. The summed E-state index contributed by atoms with van der Waals surface area (Å²) in [5.74, 6) is 1.47. The Balaban J connectivity index is 1.75. The van der Waals surface area contributed by atoms with E-state index in [1.165, 1.54) is 6.92 Å². The number of hydrogen-bond acceptors (Lipinski definition) is 4. The third kappa shape index (κ3) is 6.97. The monoisotopic (exact) mass is 357 g/mol. The van der Waals surface area contributed by atoms with Gasteiger partial charge in [0, 0.05) is 36.7 Å². The van der Waals surface area contributed by atoms with Crippen LogP contribution in [0.3, 0.4) is 0 Å². The number of anilines is 1. The number of nitrogens with one attached hydrogen (secondary N) is 2. The van der Waals surface area contributed by atoms with E-state index in [9.17, 15) is 9.59 Å². The van der Waals surface area contributed by atoms with Crippen molar-refractivity contribution in [1.29, 1.82) is 0 Å². The number of thioether (sulfide) groups is 1. The van der Waals surface area contributed by atoms with E-state index >= 15 is 0 Å². The number of rotatable bonds is 8. The molecule has 6 heteroatoms. The number of nitrogens with zero attached hydrogens (tertiary/aromatic N) is 1. The maximum Gasteiger partial charge on any atom is 0.221 e. The summed E-state index contributed by atoms with van der Waals surface area (Å²) in [5.41, 5.74) is 2.72. The van der Waals surface area contributed by atoms with E-state index in [1.807, 2.05) is 49.4 Å². The van der Waals surface area contributed by atoms with Gasteiger partial charge in [-0.3, -0.25) is 14.6 Å². The molecule has 1 aromatic heterocycles. The lowest BCUT2D eigenvalue weighted by atomic mass is 10.1. The van der Waals surface area contributed by atoms with E-state index in [4.69, 9.17) is 0 Å². The second-order valence-electron chi connectivity index (χ2n) is 5.72. The second kappa shape index (κ2) is 9.84. The van der Waals surface area contributed by atoms with Crippen LogP contribution in [0.5, 0.6) is 0 Å². The topological polar surface area (TPSA) is 71.1 Å². The van der Waals surface area contributed by atoms with Crippen LogP contribution in [0.15, 0.2) is 48.7 Å². The molecule has 1 atom stereocenters. The first-order valence-corrected chi connectivity index (χ1v) is 9.34. The standard InChI is InChI=1S/C19H23N3O2S/c1-14(16-6-5-8-17(12-16)22-15(2)23)21-19(24)9-11-25-13-18-7-3-4-10-20-18/h3-8,10,12,14H,9,11,13H2,1-2H3,(H,21,24)(H,22,23)/t14-/m0/s1. The Morgan fingerprint density at radius 2 is 2.04 bits per heavy atom. The van der Waals surface area contributed by atoms with E-state index in [0.717, 1.165) is 28.5 Å². The minimum atomic E-state index is -0.112. The molecule has 0 saturated heterocycles. The molecule has 0 bridgehead atoms. The summed E-state index contributed by atoms with van der Waals surface area (Å²) in [6.07, 6.45) is 2.24. The molecule has 5 nitrogen and oxygen atoms in total. The maximum atomic E-state index is 12.1. The van der Waals surface area contributed by atoms with Crippen LogP contribution in [0.4, 0.5) is 5.69 Å². The lowest BCUT2D eigenvalue weighted by molar-refractivity contribution is -0.121. The largest absolute Gasteiger partial charge is 0.350 e. The van der Waals surface area contributed by atoms with Gasteiger partial charge >= 0.3 is 0 Å². The summed E-state index contributed by atoms with van der Waals surface area (Å²) in [6, 6.07) is 13.2. The molecule has 0 saturated carbocycles. The van der Waals surface area contributed by atoms with Crippen LogP contribution in [-0.4, -0.2) is 22.6 Å². The lowest BCUT2D eigenvalue weighted by Gasteiger charge is -2.15. The van der Waals surface area contributed by atoms with Crippen molar-refractivity contribution in [2.45, 2.75) is 32.1 Å². The van der Waals surface area contributed by atoms with Crippen LogP contribution < -0.4 is 10.6 Å². The average molecular weight is 357 g/mol. The van der Waals surface area contributed by atoms with Crippen molar-refractivity contribution in [2.24, 2.45) is 0 Å². The maximum absolute atomic E-state index is 12.1. The van der Waals surface area contributed by atoms with Crippen LogP contribution in [0, 0.1) is 0 Å². The van der Waals surface area contributed by atoms with Gasteiger partial charge < -0.3 is 10.6 Å². The fraction of sp³-hybridized carbons (Fsp3) is 0.316. The quantitative estimate of drug-likeness (QED) is 0.709. The predicted molar refractivity (Wildman–Crippen MR) is 102 cm³/mol. The minimum Gasteiger partial charge on any atom is -0.350 e. The Morgan fingerprint density at radius 1 is 1.20 bits per heavy atom. The Morgan fingerprint density at radius 3 is 2.76 bits per heavy atom. The van der Waals surface area contributed by atoms with Crippen LogP contribution in [0.2, 0.25) is 0 Å². The molecule has 0 aliphatic rings. The second-order valence-corrected chi connectivity index (χ2v) is 6.82. The number of carbonyl (C=O) groups excluding carboxylic acids is 2. The molecule has 0 unspecified atom stereocenters. The third-order valence-corrected chi connectivity index (χ3v) is 4.53. The first-order valence-electron chi connectivity index (χ1n) is 8.19. The van der Waals surface area contributed by atoms with Crippen LogP contribution in [-0.2, 0) is 15.3 Å². The van der Waals surface area contributed by atoms with E-state index in [2.05, 4.69) is 15.6 Å². The van der Waals surface area contributed by atoms with Crippen molar-refractivity contribution in [1.82, 2.24) is 10.3 Å². The highest BCUT2D eigenvalue weighted by Gasteiger charge is 2.10. The van der Waals surface area contributed by atoms with Gasteiger partial charge in [0.2, 0.25) is 11.8 Å². The first-order chi connectivity index (χ1) is 12.0. The van der Waals surface area contributed by atoms with E-state index in [-0.39, 0.29) is 17.9 Å². The van der Waals surface area contributed by atoms with Gasteiger partial charge in [-0.2, -0.15) is 11.8 Å². The van der Waals surface area contributed by atoms with Gasteiger partial charge in [-0.25, -0.2) is 0 Å². The first kappa shape index (κ1) is 19.0. The molecule has 132 valence electrons. The van der Waals surface area contributed by atoms with E-state index in [1.54, 1.807) is 18.0 Å². The zero-order valence-electron chi connectivity index (χ0n) is 14.5. The number of hydrogen-bond donors (Lipinski definition) is 2. The summed E-state index contributed by atoms with van der Waals surface area (Å²) >= 11 is 1.70. The van der Waals surface area contributed by atoms with Crippen molar-refractivity contribution in [3.8, 4) is 0 Å². The van der Waals surface area contributed by atoms with Gasteiger partial charge in [0.1, 0.15) is 0 Å². The van der Waals surface area contributed by atoms with Crippen molar-refractivity contribution in [2.75, 3.05) is 11.1 Å². The number of amides is 2. The highest BCUT2D eigenvalue weighted by molar-refractivity contribution is 7.98. The summed E-state index contributed by atoms with van der Waals surface area (Å²) in [6.45, 7) is 3.41. The molecule has 2 rings (SSSR count). The van der Waals surface area contributed by atoms with Crippen molar-refractivity contribution in [3.63, 3.8) is 0 Å². The summed E-state index contributed by atoms with van der Waals surface area (Å²) in [4.78, 5) is 27.5. The SMILES string of the molecule is CC(=O)Nc1cccc([C@H](C)NC(=O)CCSCc2ccccn2)c1. The summed E-state index contributed by atoms with van der Waals surface area (Å²) in [7, 11) is 0. The van der Waals surface area contributed by atoms with Crippen molar-refractivity contribution in [3.05, 3.63) is 59.9 Å². The Kier molecular flexibility index (Phi) is 7.47. The molecular weight excluding hydrogens is 334 g/mol. The highest BCUT2D eigenvalue weighted by Crippen LogP contribution is 2.18. The van der Waals surface area contributed by atoms with Gasteiger partial charge in [-0.05, 0) is 36.8 Å². The van der Waals surface area contributed by atoms with Gasteiger partial charge in [0.15, 0.2) is 0 Å². The van der Waals surface area contributed by atoms with E-state index in [0.29, 0.717) is 6.42 Å². The van der Waals surface area contributed by atoms with Gasteiger partial charge in [-0.15, -0.1) is 0 Å². The summed E-state index contributed by atoms with van der Waals surface area (Å²) < 4.78 is 0. The normalized spacial score (nSPS) is 11.6. The fourth-order valence-electron chi connectivity index (χ4n) is 2.31. The number of pyridine rings is 1. The van der Waals surface area contributed by atoms with Gasteiger partial charge in [0.05, 0.1) is 11.7 Å². The van der Waals surface area contributed by atoms with Crippen LogP contribution in [0.1, 0.15) is 37.6 Å². The molecule has 2 N–H and O–H groups in total. The molecule has 25 heavy (non-hydrogen) atoms. The number of carbonyl (C=O) groups is 2. The van der Waals surface area contributed by atoms with E-state index < -0.39 is 0 Å². The van der Waals surface area contributed by atoms with Gasteiger partial charge in [0.25, 0.3) is 0 Å². The zero-order valence-corrected chi connectivity index (χ0v) is 15.3. The lowest BCUT2D eigenvalue weighted by Crippen LogP contribution is -2.26. The Hall–Kier alpha value is -2.34. The Bertz CT molecular complexity index is 707. The molecule has 0 aliphatic heterocycles. The summed E-state index contributed by atoms with van der Waals surface area (Å²) in [5, 5.41) is 5.74. The van der Waals surface area contributed by atoms with Gasteiger partial charge in [-0.1, -0.05) is 18.2 Å². The molecule has 0 aliphatic carbocycles. The molecule has 1 aromatic carbocycles. The molecule has 2 amide bonds. The zero-order chi connectivity index (χ0) is 18.1. The third-order valence-electron chi connectivity index (χ3n) is 3.53. The van der Waals surface area contributed by atoms with Crippen molar-refractivity contribution >= 4 is 29.3 Å². The Labute approximate surface area is 152 Å². The smallest absolute Gasteiger partial charge is 0.221 e. The van der Waals surface area contributed by atoms with Crippen LogP contribution in [0.25, 0.3) is 0 Å². The highest BCUT2D eigenvalue weighted by atomic mass is 32.2. The molecule has 0 radical (unpaired) electrons. The average Bonchev–Trinajstić information content (AvgIpc) is 2.59. The van der Waals surface area contributed by atoms with Crippen LogP contribution >= 0.6 is 11.8 Å². The molecule has 0 spiro atoms. The van der Waals surface area contributed by atoms with Crippen molar-refractivity contribution < 1.29 is 9.59 Å². The minimum absolute atomic E-state index is 0.0194. The predicted octanol–water partition coefficient (Wildman–Crippen LogP) is 3.54. The molecule has 0 fully saturated rings. The number of aromatic nitrogens is 1. The molecule has 2 aromatic rings.